The van der Waals surface area contributed by atoms with Gasteiger partial charge in [0.15, 0.2) is 5.79 Å². The lowest BCUT2D eigenvalue weighted by atomic mass is 9.94. The fraction of sp³-hybridized carbons (Fsp3) is 0.560. The van der Waals surface area contributed by atoms with E-state index in [1.165, 1.54) is 6.33 Å². The molecule has 1 aliphatic heterocycles. The molecule has 0 amide bonds. The Labute approximate surface area is 210 Å². The van der Waals surface area contributed by atoms with Gasteiger partial charge in [-0.3, -0.25) is 0 Å². The zero-order valence-corrected chi connectivity index (χ0v) is 20.6. The molecule has 3 aromatic heterocycles. The van der Waals surface area contributed by atoms with E-state index in [1.54, 1.807) is 0 Å². The predicted molar refractivity (Wildman–Crippen MR) is 125 cm³/mol. The molecule has 3 aromatic rings. The fourth-order valence-corrected chi connectivity index (χ4v) is 6.03. The number of pyridine rings is 1. The molecule has 1 saturated heterocycles. The van der Waals surface area contributed by atoms with Crippen molar-refractivity contribution in [3.63, 3.8) is 0 Å². The highest BCUT2D eigenvalue weighted by atomic mass is 35.5. The molecule has 0 bridgehead atoms. The van der Waals surface area contributed by atoms with E-state index in [4.69, 9.17) is 25.8 Å². The summed E-state index contributed by atoms with van der Waals surface area (Å²) in [7, 11) is 0. The van der Waals surface area contributed by atoms with Gasteiger partial charge in [-0.05, 0) is 52.0 Å². The minimum atomic E-state index is -4.53. The second-order valence-corrected chi connectivity index (χ2v) is 10.6. The van der Waals surface area contributed by atoms with Crippen LogP contribution < -0.4 is 4.74 Å². The highest BCUT2D eigenvalue weighted by Crippen LogP contribution is 2.48. The summed E-state index contributed by atoms with van der Waals surface area (Å²) < 4.78 is 61.3. The highest BCUT2D eigenvalue weighted by molar-refractivity contribution is 6.33. The molecule has 3 aliphatic rings. The number of alkyl halides is 3. The Hall–Kier alpha value is -2.43. The van der Waals surface area contributed by atoms with E-state index in [1.807, 2.05) is 30.7 Å². The van der Waals surface area contributed by atoms with Crippen LogP contribution in [0.25, 0.3) is 11.0 Å². The molecule has 192 valence electrons. The average molecular weight is 523 g/mol. The Balaban J connectivity index is 1.30. The first-order valence-corrected chi connectivity index (χ1v) is 12.5. The minimum Gasteiger partial charge on any atom is -0.493 e. The number of hydrogen-bond donors (Lipinski definition) is 0. The molecule has 7 nitrogen and oxygen atoms in total. The third-order valence-electron chi connectivity index (χ3n) is 7.37. The van der Waals surface area contributed by atoms with Crippen molar-refractivity contribution in [3.8, 4) is 5.75 Å². The molecular weight excluding hydrogens is 497 g/mol. The van der Waals surface area contributed by atoms with Gasteiger partial charge < -0.3 is 18.8 Å². The largest absolute Gasteiger partial charge is 0.493 e. The van der Waals surface area contributed by atoms with E-state index in [-0.39, 0.29) is 36.5 Å². The smallest absolute Gasteiger partial charge is 0.433 e. The molecule has 11 heteroatoms. The van der Waals surface area contributed by atoms with Gasteiger partial charge in [0.2, 0.25) is 0 Å². The van der Waals surface area contributed by atoms with Crippen LogP contribution in [0.15, 0.2) is 24.7 Å². The monoisotopic (exact) mass is 522 g/mol. The van der Waals surface area contributed by atoms with E-state index >= 15 is 0 Å². The SMILES string of the molecule is CC1(C)O[C@@H]2[C@H](COc3cc(C(F)(F)F)nc4c3CCCC4)C[C@@H](n3ccc4c(Cl)ncnc43)[C@@H]2O1. The quantitative estimate of drug-likeness (QED) is 0.419. The van der Waals surface area contributed by atoms with Crippen LogP contribution in [0.5, 0.6) is 5.75 Å². The summed E-state index contributed by atoms with van der Waals surface area (Å²) in [5.41, 5.74) is 1.07. The highest BCUT2D eigenvalue weighted by Gasteiger charge is 2.55. The third kappa shape index (κ3) is 4.13. The summed E-state index contributed by atoms with van der Waals surface area (Å²) in [5.74, 6) is -0.615. The van der Waals surface area contributed by atoms with Crippen molar-refractivity contribution in [2.24, 2.45) is 5.92 Å². The number of rotatable bonds is 4. The first-order chi connectivity index (χ1) is 17.1. The maximum atomic E-state index is 13.5. The lowest BCUT2D eigenvalue weighted by Crippen LogP contribution is -2.29. The van der Waals surface area contributed by atoms with Crippen LogP contribution in [0.4, 0.5) is 13.2 Å². The maximum Gasteiger partial charge on any atom is 0.433 e. The van der Waals surface area contributed by atoms with Crippen molar-refractivity contribution >= 4 is 22.6 Å². The molecule has 36 heavy (non-hydrogen) atoms. The molecule has 0 N–H and O–H groups in total. The Morgan fingerprint density at radius 2 is 1.94 bits per heavy atom. The molecule has 0 radical (unpaired) electrons. The van der Waals surface area contributed by atoms with Crippen LogP contribution in [0.1, 0.15) is 56.1 Å². The Morgan fingerprint density at radius 1 is 1.17 bits per heavy atom. The van der Waals surface area contributed by atoms with Crippen LogP contribution in [0, 0.1) is 5.92 Å². The van der Waals surface area contributed by atoms with Crippen LogP contribution in [0.2, 0.25) is 5.15 Å². The normalized spacial score (nSPS) is 27.3. The van der Waals surface area contributed by atoms with Crippen molar-refractivity contribution < 1.29 is 27.4 Å². The van der Waals surface area contributed by atoms with Gasteiger partial charge in [0.1, 0.15) is 34.7 Å². The summed E-state index contributed by atoms with van der Waals surface area (Å²) in [4.78, 5) is 12.4. The molecule has 1 saturated carbocycles. The molecular formula is C25H26ClF3N4O3. The Morgan fingerprint density at radius 3 is 2.75 bits per heavy atom. The van der Waals surface area contributed by atoms with Crippen LogP contribution in [-0.2, 0) is 28.5 Å². The molecule has 4 heterocycles. The molecule has 6 rings (SSSR count). The first-order valence-electron chi connectivity index (χ1n) is 12.2. The standard InChI is InChI=1S/C25H26ClF3N4O3/c1-24(2)35-20-13(9-17(21(20)36-24)33-8-7-15-22(26)30-12-31-23(15)33)11-34-18-10-19(25(27,28)29)32-16-6-4-3-5-14(16)18/h7-8,10,12-13,17,20-21H,3-6,9,11H2,1-2H3/t13-,17+,20+,21-/m0/s1. The minimum absolute atomic E-state index is 0.0988. The summed E-state index contributed by atoms with van der Waals surface area (Å²) >= 11 is 6.26. The van der Waals surface area contributed by atoms with Crippen molar-refractivity contribution in [2.45, 2.75) is 76.2 Å². The summed E-state index contributed by atoms with van der Waals surface area (Å²) in [5, 5.41) is 1.12. The Kier molecular flexibility index (Phi) is 5.69. The summed E-state index contributed by atoms with van der Waals surface area (Å²) in [6, 6.07) is 2.81. The van der Waals surface area contributed by atoms with Gasteiger partial charge in [0.25, 0.3) is 0 Å². The lowest BCUT2D eigenvalue weighted by molar-refractivity contribution is -0.161. The maximum absolute atomic E-state index is 13.5. The molecule has 2 fully saturated rings. The van der Waals surface area contributed by atoms with Crippen molar-refractivity contribution in [1.82, 2.24) is 19.5 Å². The van der Waals surface area contributed by atoms with Gasteiger partial charge in [-0.2, -0.15) is 13.2 Å². The lowest BCUT2D eigenvalue weighted by Gasteiger charge is -2.25. The number of fused-ring (bicyclic) bond motifs is 3. The van der Waals surface area contributed by atoms with Crippen molar-refractivity contribution in [2.75, 3.05) is 6.61 Å². The van der Waals surface area contributed by atoms with E-state index < -0.39 is 17.7 Å². The van der Waals surface area contributed by atoms with Crippen LogP contribution >= 0.6 is 11.6 Å². The third-order valence-corrected chi connectivity index (χ3v) is 7.67. The van der Waals surface area contributed by atoms with E-state index in [0.29, 0.717) is 35.8 Å². The van der Waals surface area contributed by atoms with Gasteiger partial charge in [-0.1, -0.05) is 11.6 Å². The van der Waals surface area contributed by atoms with E-state index in [0.717, 1.165) is 29.9 Å². The predicted octanol–water partition coefficient (Wildman–Crippen LogP) is 5.54. The molecule has 0 aromatic carbocycles. The van der Waals surface area contributed by atoms with Gasteiger partial charge >= 0.3 is 6.18 Å². The van der Waals surface area contributed by atoms with Crippen LogP contribution in [-0.4, -0.2) is 44.1 Å². The first kappa shape index (κ1) is 23.9. The number of hydrogen-bond acceptors (Lipinski definition) is 6. The summed E-state index contributed by atoms with van der Waals surface area (Å²) in [6.45, 7) is 3.93. The average Bonchev–Trinajstić information content (AvgIpc) is 3.48. The molecule has 0 unspecified atom stereocenters. The van der Waals surface area contributed by atoms with Gasteiger partial charge in [-0.25, -0.2) is 15.0 Å². The van der Waals surface area contributed by atoms with E-state index in [9.17, 15) is 13.2 Å². The zero-order valence-electron chi connectivity index (χ0n) is 19.9. The van der Waals surface area contributed by atoms with Crippen molar-refractivity contribution in [3.05, 3.63) is 46.8 Å². The Bertz CT molecular complexity index is 1310. The molecule has 4 atom stereocenters. The van der Waals surface area contributed by atoms with Gasteiger partial charge in [-0.15, -0.1) is 0 Å². The molecule has 2 aliphatic carbocycles. The molecule has 0 spiro atoms. The fourth-order valence-electron chi connectivity index (χ4n) is 5.84. The van der Waals surface area contributed by atoms with E-state index in [2.05, 4.69) is 15.0 Å². The summed E-state index contributed by atoms with van der Waals surface area (Å²) in [6.07, 6.45) is 1.84. The topological polar surface area (TPSA) is 71.3 Å². The second kappa shape index (κ2) is 8.56. The number of nitrogens with zero attached hydrogens (tertiary/aromatic N) is 4. The van der Waals surface area contributed by atoms with Crippen LogP contribution in [0.3, 0.4) is 0 Å². The van der Waals surface area contributed by atoms with Gasteiger partial charge in [0, 0.05) is 29.4 Å². The van der Waals surface area contributed by atoms with Gasteiger partial charge in [0.05, 0.1) is 24.1 Å². The number of ether oxygens (including phenoxy) is 3. The number of aryl methyl sites for hydroxylation is 1. The zero-order chi connectivity index (χ0) is 25.2. The second-order valence-electron chi connectivity index (χ2n) is 10.2. The number of halogens is 4. The number of aromatic nitrogens is 4. The van der Waals surface area contributed by atoms with Crippen molar-refractivity contribution in [1.29, 1.82) is 0 Å².